The fourth-order valence-electron chi connectivity index (χ4n) is 2.80. The molecule has 0 aliphatic heterocycles. The van der Waals surface area contributed by atoms with Crippen LogP contribution in [-0.2, 0) is 11.2 Å². The predicted molar refractivity (Wildman–Crippen MR) is 99.9 cm³/mol. The second-order valence-electron chi connectivity index (χ2n) is 5.99. The molecular formula is C20H16FN5O. The third-order valence-electron chi connectivity index (χ3n) is 4.05. The Kier molecular flexibility index (Phi) is 4.49. The van der Waals surface area contributed by atoms with Crippen LogP contribution in [0.2, 0.25) is 0 Å². The highest BCUT2D eigenvalue weighted by Gasteiger charge is 2.16. The van der Waals surface area contributed by atoms with Gasteiger partial charge in [-0.1, -0.05) is 18.2 Å². The molecule has 134 valence electrons. The largest absolute Gasteiger partial charge is 0.311 e. The van der Waals surface area contributed by atoms with Gasteiger partial charge in [0.25, 0.3) is 0 Å². The van der Waals surface area contributed by atoms with E-state index in [1.54, 1.807) is 29.1 Å². The van der Waals surface area contributed by atoms with Crippen LogP contribution in [0.25, 0.3) is 16.9 Å². The molecule has 0 bridgehead atoms. The van der Waals surface area contributed by atoms with Crippen LogP contribution in [0, 0.1) is 5.82 Å². The molecule has 0 unspecified atom stereocenters. The van der Waals surface area contributed by atoms with Crippen molar-refractivity contribution in [1.29, 1.82) is 0 Å². The van der Waals surface area contributed by atoms with Gasteiger partial charge in [0.2, 0.25) is 5.91 Å². The van der Waals surface area contributed by atoms with Crippen molar-refractivity contribution in [1.82, 2.24) is 20.0 Å². The zero-order chi connectivity index (χ0) is 18.6. The minimum absolute atomic E-state index is 0.124. The van der Waals surface area contributed by atoms with Crippen molar-refractivity contribution in [3.05, 3.63) is 84.4 Å². The number of nitrogens with zero attached hydrogens (tertiary/aromatic N) is 3. The molecule has 0 aliphatic carbocycles. The van der Waals surface area contributed by atoms with Gasteiger partial charge in [-0.15, -0.1) is 0 Å². The van der Waals surface area contributed by atoms with Gasteiger partial charge in [-0.2, -0.15) is 10.2 Å². The summed E-state index contributed by atoms with van der Waals surface area (Å²) in [6.45, 7) is 0. The van der Waals surface area contributed by atoms with Crippen LogP contribution >= 0.6 is 0 Å². The van der Waals surface area contributed by atoms with Crippen molar-refractivity contribution in [3.63, 3.8) is 0 Å². The van der Waals surface area contributed by atoms with E-state index in [0.717, 1.165) is 16.8 Å². The van der Waals surface area contributed by atoms with Gasteiger partial charge in [0.1, 0.15) is 11.6 Å². The summed E-state index contributed by atoms with van der Waals surface area (Å²) in [5, 5.41) is 13.9. The minimum atomic E-state index is -0.320. The first-order valence-corrected chi connectivity index (χ1v) is 8.38. The highest BCUT2D eigenvalue weighted by atomic mass is 19.1. The number of carbonyl (C=O) groups is 1. The van der Waals surface area contributed by atoms with Gasteiger partial charge in [-0.25, -0.2) is 9.07 Å². The number of amides is 1. The van der Waals surface area contributed by atoms with Crippen LogP contribution in [0.15, 0.2) is 73.1 Å². The topological polar surface area (TPSA) is 75.6 Å². The van der Waals surface area contributed by atoms with Crippen molar-refractivity contribution in [2.75, 3.05) is 5.32 Å². The quantitative estimate of drug-likeness (QED) is 0.570. The van der Waals surface area contributed by atoms with Crippen molar-refractivity contribution < 1.29 is 9.18 Å². The molecule has 0 aliphatic rings. The molecule has 2 N–H and O–H groups in total. The number of para-hydroxylation sites is 1. The summed E-state index contributed by atoms with van der Waals surface area (Å²) in [5.41, 5.74) is 3.00. The van der Waals surface area contributed by atoms with Crippen molar-refractivity contribution in [2.45, 2.75) is 6.42 Å². The molecular weight excluding hydrogens is 345 g/mol. The summed E-state index contributed by atoms with van der Waals surface area (Å²) >= 11 is 0. The average Bonchev–Trinajstić information content (AvgIpc) is 3.33. The number of nitrogens with one attached hydrogen (secondary N) is 2. The van der Waals surface area contributed by atoms with E-state index < -0.39 is 0 Å². The summed E-state index contributed by atoms with van der Waals surface area (Å²) in [6.07, 6.45) is 3.51. The number of aromatic amines is 1. The molecule has 0 radical (unpaired) electrons. The van der Waals surface area contributed by atoms with Crippen LogP contribution < -0.4 is 5.32 Å². The van der Waals surface area contributed by atoms with E-state index in [1.165, 1.54) is 12.1 Å². The smallest absolute Gasteiger partial charge is 0.230 e. The number of anilines is 1. The summed E-state index contributed by atoms with van der Waals surface area (Å²) in [6, 6.07) is 17.4. The second kappa shape index (κ2) is 7.25. The molecule has 0 fully saturated rings. The standard InChI is InChI=1S/C20H16FN5O/c21-16-8-6-14(7-9-16)20-15(12-19(27)23-18-10-11-22-24-18)13-26(25-20)17-4-2-1-3-5-17/h1-11,13H,12H2,(H2,22,23,24,27). The fraction of sp³-hybridized carbons (Fsp3) is 0.0500. The van der Waals surface area contributed by atoms with Gasteiger partial charge >= 0.3 is 0 Å². The third-order valence-corrected chi connectivity index (χ3v) is 4.05. The molecule has 0 atom stereocenters. The molecule has 2 heterocycles. The van der Waals surface area contributed by atoms with Gasteiger partial charge in [0.05, 0.1) is 24.0 Å². The summed E-state index contributed by atoms with van der Waals surface area (Å²) in [7, 11) is 0. The lowest BCUT2D eigenvalue weighted by Gasteiger charge is -2.03. The average molecular weight is 361 g/mol. The molecule has 4 rings (SSSR count). The highest BCUT2D eigenvalue weighted by molar-refractivity contribution is 5.92. The van der Waals surface area contributed by atoms with Gasteiger partial charge in [0, 0.05) is 23.4 Å². The number of aromatic nitrogens is 4. The van der Waals surface area contributed by atoms with E-state index in [0.29, 0.717) is 11.5 Å². The summed E-state index contributed by atoms with van der Waals surface area (Å²) in [4.78, 5) is 12.4. The lowest BCUT2D eigenvalue weighted by atomic mass is 10.1. The maximum Gasteiger partial charge on any atom is 0.230 e. The molecule has 0 saturated carbocycles. The highest BCUT2D eigenvalue weighted by Crippen LogP contribution is 2.25. The first-order chi connectivity index (χ1) is 13.2. The Morgan fingerprint density at radius 3 is 2.56 bits per heavy atom. The first kappa shape index (κ1) is 16.7. The Hall–Kier alpha value is -3.74. The number of halogens is 1. The van der Waals surface area contributed by atoms with Crippen LogP contribution in [0.4, 0.5) is 10.2 Å². The van der Waals surface area contributed by atoms with Gasteiger partial charge < -0.3 is 5.32 Å². The maximum absolute atomic E-state index is 13.3. The molecule has 0 spiro atoms. The molecule has 2 aromatic carbocycles. The molecule has 0 saturated heterocycles. The van der Waals surface area contributed by atoms with Crippen LogP contribution in [-0.4, -0.2) is 25.9 Å². The van der Waals surface area contributed by atoms with E-state index in [1.807, 2.05) is 36.5 Å². The third kappa shape index (κ3) is 3.77. The van der Waals surface area contributed by atoms with Crippen LogP contribution in [0.3, 0.4) is 0 Å². The lowest BCUT2D eigenvalue weighted by molar-refractivity contribution is -0.115. The SMILES string of the molecule is O=C(Cc1cn(-c2ccccc2)nc1-c1ccc(F)cc1)Nc1ccn[nH]1. The number of carbonyl (C=O) groups excluding carboxylic acids is 1. The van der Waals surface area contributed by atoms with Crippen LogP contribution in [0.1, 0.15) is 5.56 Å². The molecule has 6 nitrogen and oxygen atoms in total. The summed E-state index contributed by atoms with van der Waals surface area (Å²) in [5.74, 6) is 0.00814. The molecule has 7 heteroatoms. The summed E-state index contributed by atoms with van der Waals surface area (Å²) < 4.78 is 15.0. The van der Waals surface area contributed by atoms with E-state index in [-0.39, 0.29) is 18.1 Å². The Labute approximate surface area is 154 Å². The Morgan fingerprint density at radius 2 is 1.85 bits per heavy atom. The molecule has 2 aromatic heterocycles. The molecule has 27 heavy (non-hydrogen) atoms. The van der Waals surface area contributed by atoms with Crippen molar-refractivity contribution in [3.8, 4) is 16.9 Å². The number of hydrogen-bond donors (Lipinski definition) is 2. The van der Waals surface area contributed by atoms with E-state index in [4.69, 9.17) is 0 Å². The number of H-pyrrole nitrogens is 1. The number of hydrogen-bond acceptors (Lipinski definition) is 3. The zero-order valence-corrected chi connectivity index (χ0v) is 14.3. The van der Waals surface area contributed by atoms with Gasteiger partial charge in [0.15, 0.2) is 0 Å². The number of benzene rings is 2. The normalized spacial score (nSPS) is 10.7. The van der Waals surface area contributed by atoms with Crippen molar-refractivity contribution in [2.24, 2.45) is 0 Å². The van der Waals surface area contributed by atoms with Crippen molar-refractivity contribution >= 4 is 11.7 Å². The molecule has 1 amide bonds. The predicted octanol–water partition coefficient (Wildman–Crippen LogP) is 3.58. The number of rotatable bonds is 5. The van der Waals surface area contributed by atoms with E-state index in [9.17, 15) is 9.18 Å². The van der Waals surface area contributed by atoms with Gasteiger partial charge in [-0.3, -0.25) is 9.89 Å². The van der Waals surface area contributed by atoms with Gasteiger partial charge in [-0.05, 0) is 36.4 Å². The second-order valence-corrected chi connectivity index (χ2v) is 5.99. The van der Waals surface area contributed by atoms with Crippen LogP contribution in [0.5, 0.6) is 0 Å². The van der Waals surface area contributed by atoms with E-state index >= 15 is 0 Å². The Bertz CT molecular complexity index is 1040. The Balaban J connectivity index is 1.68. The molecule has 4 aromatic rings. The lowest BCUT2D eigenvalue weighted by Crippen LogP contribution is -2.14. The minimum Gasteiger partial charge on any atom is -0.311 e. The van der Waals surface area contributed by atoms with E-state index in [2.05, 4.69) is 20.6 Å². The monoisotopic (exact) mass is 361 g/mol. The first-order valence-electron chi connectivity index (χ1n) is 8.38. The zero-order valence-electron chi connectivity index (χ0n) is 14.3. The fourth-order valence-corrected chi connectivity index (χ4v) is 2.80. The maximum atomic E-state index is 13.3. The Morgan fingerprint density at radius 1 is 1.07 bits per heavy atom.